The van der Waals surface area contributed by atoms with Crippen molar-refractivity contribution < 1.29 is 19.1 Å². The lowest BCUT2D eigenvalue weighted by Gasteiger charge is -2.08. The molecule has 6 nitrogen and oxygen atoms in total. The number of hydrogen-bond donors (Lipinski definition) is 1. The Bertz CT molecular complexity index is 659. The van der Waals surface area contributed by atoms with Gasteiger partial charge in [-0.2, -0.15) is 5.10 Å². The highest BCUT2D eigenvalue weighted by atomic mass is 16.6. The quantitative estimate of drug-likeness (QED) is 0.389. The monoisotopic (exact) mass is 330 g/mol. The molecule has 0 heterocycles. The Morgan fingerprint density at radius 3 is 2.54 bits per heavy atom. The minimum absolute atomic E-state index is 0.0200. The van der Waals surface area contributed by atoms with Gasteiger partial charge in [0.25, 0.3) is 0 Å². The summed E-state index contributed by atoms with van der Waals surface area (Å²) in [7, 11) is 1.50. The van der Waals surface area contributed by atoms with Gasteiger partial charge in [-0.15, -0.1) is 0 Å². The lowest BCUT2D eigenvalue weighted by atomic mass is 10.0. The minimum atomic E-state index is -0.409. The molecule has 1 aromatic rings. The molecule has 2 fully saturated rings. The van der Waals surface area contributed by atoms with Crippen molar-refractivity contribution in [3.63, 3.8) is 0 Å². The predicted molar refractivity (Wildman–Crippen MR) is 89.0 cm³/mol. The van der Waals surface area contributed by atoms with Gasteiger partial charge in [0.15, 0.2) is 11.5 Å². The van der Waals surface area contributed by atoms with E-state index in [-0.39, 0.29) is 11.8 Å². The first-order chi connectivity index (χ1) is 11.6. The fraction of sp³-hybridized carbons (Fsp3) is 0.500. The summed E-state index contributed by atoms with van der Waals surface area (Å²) in [6.07, 6.45) is 6.37. The Morgan fingerprint density at radius 1 is 1.21 bits per heavy atom. The minimum Gasteiger partial charge on any atom is -0.493 e. The van der Waals surface area contributed by atoms with E-state index < -0.39 is 5.97 Å². The van der Waals surface area contributed by atoms with Crippen molar-refractivity contribution >= 4 is 18.1 Å². The van der Waals surface area contributed by atoms with Crippen molar-refractivity contribution in [2.24, 2.45) is 22.9 Å². The fourth-order valence-corrected chi connectivity index (χ4v) is 3.63. The van der Waals surface area contributed by atoms with Crippen LogP contribution in [0.15, 0.2) is 23.3 Å². The van der Waals surface area contributed by atoms with Gasteiger partial charge in [-0.25, -0.2) is 5.43 Å². The van der Waals surface area contributed by atoms with Crippen molar-refractivity contribution in [1.29, 1.82) is 0 Å². The van der Waals surface area contributed by atoms with Gasteiger partial charge in [-0.1, -0.05) is 12.8 Å². The smallest absolute Gasteiger partial charge is 0.308 e. The molecule has 0 bridgehead atoms. The van der Waals surface area contributed by atoms with Gasteiger partial charge in [0, 0.05) is 12.8 Å². The van der Waals surface area contributed by atoms with Gasteiger partial charge < -0.3 is 9.47 Å². The van der Waals surface area contributed by atoms with Crippen LogP contribution < -0.4 is 14.9 Å². The standard InChI is InChI=1S/C18H22N2O4/c1-11(21)24-15-8-7-12(9-16(15)23-2)10-19-20-18(22)17-13-5-3-4-6-14(13)17/h7-10,13-14,17H,3-6H2,1-2H3,(H,20,22). The van der Waals surface area contributed by atoms with Gasteiger partial charge in [-0.05, 0) is 48.4 Å². The van der Waals surface area contributed by atoms with Gasteiger partial charge in [0.05, 0.1) is 13.3 Å². The normalized spacial score (nSPS) is 25.0. The van der Waals surface area contributed by atoms with E-state index >= 15 is 0 Å². The first-order valence-electron chi connectivity index (χ1n) is 8.29. The summed E-state index contributed by atoms with van der Waals surface area (Å²) in [6.45, 7) is 1.33. The maximum Gasteiger partial charge on any atom is 0.308 e. The van der Waals surface area contributed by atoms with Crippen LogP contribution in [0.4, 0.5) is 0 Å². The number of esters is 1. The van der Waals surface area contributed by atoms with Crippen LogP contribution >= 0.6 is 0 Å². The number of rotatable bonds is 5. The van der Waals surface area contributed by atoms with Crippen LogP contribution in [-0.2, 0) is 9.59 Å². The second-order valence-electron chi connectivity index (χ2n) is 6.38. The highest BCUT2D eigenvalue weighted by molar-refractivity contribution is 5.85. The molecular weight excluding hydrogens is 308 g/mol. The van der Waals surface area contributed by atoms with E-state index in [2.05, 4.69) is 10.5 Å². The summed E-state index contributed by atoms with van der Waals surface area (Å²) >= 11 is 0. The molecule has 128 valence electrons. The number of methoxy groups -OCH3 is 1. The Balaban J connectivity index is 1.58. The number of nitrogens with zero attached hydrogens (tertiary/aromatic N) is 1. The van der Waals surface area contributed by atoms with Gasteiger partial charge >= 0.3 is 5.97 Å². The number of hydrazone groups is 1. The third-order valence-electron chi connectivity index (χ3n) is 4.79. The molecule has 0 aliphatic heterocycles. The maximum absolute atomic E-state index is 12.2. The van der Waals surface area contributed by atoms with E-state index in [4.69, 9.17) is 9.47 Å². The van der Waals surface area contributed by atoms with Crippen LogP contribution in [0.3, 0.4) is 0 Å². The summed E-state index contributed by atoms with van der Waals surface area (Å²) < 4.78 is 10.3. The summed E-state index contributed by atoms with van der Waals surface area (Å²) in [5.74, 6) is 1.68. The molecule has 1 N–H and O–H groups in total. The molecule has 1 amide bonds. The zero-order valence-electron chi connectivity index (χ0n) is 14.0. The number of ether oxygens (including phenoxy) is 2. The van der Waals surface area contributed by atoms with E-state index in [1.165, 1.54) is 39.7 Å². The van der Waals surface area contributed by atoms with Crippen molar-refractivity contribution in [3.8, 4) is 11.5 Å². The zero-order valence-corrected chi connectivity index (χ0v) is 14.0. The molecule has 2 aliphatic rings. The molecular formula is C18H22N2O4. The van der Waals surface area contributed by atoms with Gasteiger partial charge in [-0.3, -0.25) is 9.59 Å². The summed E-state index contributed by atoms with van der Waals surface area (Å²) in [5, 5.41) is 4.04. The number of amides is 1. The first-order valence-corrected chi connectivity index (χ1v) is 8.29. The number of carbonyl (C=O) groups is 2. The molecule has 0 radical (unpaired) electrons. The molecule has 24 heavy (non-hydrogen) atoms. The molecule has 0 aromatic heterocycles. The Kier molecular flexibility index (Phi) is 4.83. The van der Waals surface area contributed by atoms with E-state index in [1.54, 1.807) is 24.4 Å². The van der Waals surface area contributed by atoms with Crippen LogP contribution in [0.2, 0.25) is 0 Å². The number of fused-ring (bicyclic) bond motifs is 1. The molecule has 6 heteroatoms. The SMILES string of the molecule is COc1cc(C=NNC(=O)C2C3CCCCC32)ccc1OC(C)=O. The topological polar surface area (TPSA) is 77.0 Å². The molecule has 2 aliphatic carbocycles. The third kappa shape index (κ3) is 3.58. The van der Waals surface area contributed by atoms with Gasteiger partial charge in [0.1, 0.15) is 0 Å². The number of carbonyl (C=O) groups excluding carboxylic acids is 2. The number of benzene rings is 1. The van der Waals surface area contributed by atoms with E-state index in [1.807, 2.05) is 0 Å². The average Bonchev–Trinajstić information content (AvgIpc) is 3.30. The van der Waals surface area contributed by atoms with Gasteiger partial charge in [0.2, 0.25) is 5.91 Å². The lowest BCUT2D eigenvalue weighted by Crippen LogP contribution is -2.20. The Labute approximate surface area is 141 Å². The summed E-state index contributed by atoms with van der Waals surface area (Å²) in [4.78, 5) is 23.2. The second kappa shape index (κ2) is 7.03. The van der Waals surface area contributed by atoms with E-state index in [0.29, 0.717) is 23.3 Å². The van der Waals surface area contributed by atoms with Crippen molar-refractivity contribution in [2.75, 3.05) is 7.11 Å². The van der Waals surface area contributed by atoms with Crippen LogP contribution in [0.25, 0.3) is 0 Å². The van der Waals surface area contributed by atoms with Crippen molar-refractivity contribution in [2.45, 2.75) is 32.6 Å². The van der Waals surface area contributed by atoms with Crippen LogP contribution in [0.5, 0.6) is 11.5 Å². The maximum atomic E-state index is 12.2. The lowest BCUT2D eigenvalue weighted by molar-refractivity contribution is -0.132. The average molecular weight is 330 g/mol. The fourth-order valence-electron chi connectivity index (χ4n) is 3.63. The van der Waals surface area contributed by atoms with Crippen LogP contribution in [0.1, 0.15) is 38.2 Å². The molecule has 1 aromatic carbocycles. The predicted octanol–water partition coefficient (Wildman–Crippen LogP) is 2.51. The second-order valence-corrected chi connectivity index (χ2v) is 6.38. The van der Waals surface area contributed by atoms with E-state index in [9.17, 15) is 9.59 Å². The molecule has 0 saturated heterocycles. The van der Waals surface area contributed by atoms with Crippen molar-refractivity contribution in [3.05, 3.63) is 23.8 Å². The Morgan fingerprint density at radius 2 is 1.92 bits per heavy atom. The van der Waals surface area contributed by atoms with Crippen molar-refractivity contribution in [1.82, 2.24) is 5.43 Å². The molecule has 3 rings (SSSR count). The van der Waals surface area contributed by atoms with E-state index in [0.717, 1.165) is 5.56 Å². The molecule has 0 spiro atoms. The summed E-state index contributed by atoms with van der Waals surface area (Å²) in [5.41, 5.74) is 3.38. The third-order valence-corrected chi connectivity index (χ3v) is 4.79. The molecule has 2 atom stereocenters. The number of nitrogens with one attached hydrogen (secondary N) is 1. The highest BCUT2D eigenvalue weighted by Gasteiger charge is 2.54. The molecule has 2 unspecified atom stereocenters. The van der Waals surface area contributed by atoms with Crippen LogP contribution in [0, 0.1) is 17.8 Å². The Hall–Kier alpha value is -2.37. The largest absolute Gasteiger partial charge is 0.493 e. The highest BCUT2D eigenvalue weighted by Crippen LogP contribution is 2.55. The first kappa shape index (κ1) is 16.5. The number of hydrogen-bond acceptors (Lipinski definition) is 5. The zero-order chi connectivity index (χ0) is 17.1. The van der Waals surface area contributed by atoms with Crippen LogP contribution in [-0.4, -0.2) is 25.2 Å². The molecule has 2 saturated carbocycles. The summed E-state index contributed by atoms with van der Waals surface area (Å²) in [6, 6.07) is 5.08.